The second-order valence-electron chi connectivity index (χ2n) is 3.09. The molecule has 0 saturated carbocycles. The second kappa shape index (κ2) is 5.64. The van der Waals surface area contributed by atoms with E-state index in [2.05, 4.69) is 0 Å². The Morgan fingerprint density at radius 2 is 0.714 bits per heavy atom. The van der Waals surface area contributed by atoms with Crippen LogP contribution in [-0.4, -0.2) is 66.1 Å². The lowest BCUT2D eigenvalue weighted by molar-refractivity contribution is 0.526. The van der Waals surface area contributed by atoms with Gasteiger partial charge in [-0.3, -0.25) is 0 Å². The zero-order chi connectivity index (χ0) is 12.2. The van der Waals surface area contributed by atoms with Gasteiger partial charge in [0.2, 0.25) is 20.0 Å². The van der Waals surface area contributed by atoms with Crippen LogP contribution in [0.2, 0.25) is 0 Å². The van der Waals surface area contributed by atoms with Crippen molar-refractivity contribution in [2.75, 3.05) is 40.7 Å². The Morgan fingerprint density at radius 3 is 0.714 bits per heavy atom. The average Bonchev–Trinajstić information content (AvgIpc) is 1.83. The zero-order valence-corrected chi connectivity index (χ0v) is 11.0. The van der Waals surface area contributed by atoms with Crippen LogP contribution in [0.25, 0.3) is 0 Å². The predicted molar refractivity (Wildman–Crippen MR) is 57.1 cm³/mol. The van der Waals surface area contributed by atoms with E-state index in [1.54, 1.807) is 0 Å². The standard InChI is InChI=1S/2C3H9NO2S/c2*1-4(2)7(3,5)6/h2*1-3H3. The van der Waals surface area contributed by atoms with E-state index in [1.165, 1.54) is 28.2 Å². The third-order valence-electron chi connectivity index (χ3n) is 1.33. The van der Waals surface area contributed by atoms with Crippen molar-refractivity contribution in [2.24, 2.45) is 0 Å². The number of hydrogen-bond donors (Lipinski definition) is 0. The first-order valence-electron chi connectivity index (χ1n) is 3.64. The van der Waals surface area contributed by atoms with E-state index in [-0.39, 0.29) is 0 Å². The molecule has 0 fully saturated rings. The van der Waals surface area contributed by atoms with Crippen LogP contribution >= 0.6 is 0 Å². The van der Waals surface area contributed by atoms with Gasteiger partial charge in [-0.2, -0.15) is 0 Å². The Morgan fingerprint density at radius 1 is 0.643 bits per heavy atom. The second-order valence-corrected chi connectivity index (χ2v) is 7.48. The molecule has 0 rings (SSSR count). The maximum atomic E-state index is 10.3. The minimum atomic E-state index is -2.91. The number of hydrogen-bond acceptors (Lipinski definition) is 4. The summed E-state index contributed by atoms with van der Waals surface area (Å²) < 4.78 is 43.3. The van der Waals surface area contributed by atoms with Crippen molar-refractivity contribution < 1.29 is 16.8 Å². The monoisotopic (exact) mass is 246 g/mol. The van der Waals surface area contributed by atoms with Crippen LogP contribution in [0.5, 0.6) is 0 Å². The summed E-state index contributed by atoms with van der Waals surface area (Å²) in [4.78, 5) is 0. The molecule has 0 aliphatic carbocycles. The molecule has 6 nitrogen and oxygen atoms in total. The molecule has 0 aromatic heterocycles. The molecule has 0 heterocycles. The molecule has 0 amide bonds. The highest BCUT2D eigenvalue weighted by molar-refractivity contribution is 7.88. The molecule has 0 atom stereocenters. The van der Waals surface area contributed by atoms with Gasteiger partial charge in [0.05, 0.1) is 12.5 Å². The van der Waals surface area contributed by atoms with E-state index >= 15 is 0 Å². The summed E-state index contributed by atoms with van der Waals surface area (Å²) in [5.41, 5.74) is 0. The Hall–Kier alpha value is -0.180. The van der Waals surface area contributed by atoms with Crippen molar-refractivity contribution in [1.29, 1.82) is 0 Å². The third kappa shape index (κ3) is 9.90. The van der Waals surface area contributed by atoms with Crippen molar-refractivity contribution in [3.05, 3.63) is 0 Å². The van der Waals surface area contributed by atoms with Crippen molar-refractivity contribution >= 4 is 20.0 Å². The molecule has 0 aromatic carbocycles. The number of nitrogens with zero attached hydrogens (tertiary/aromatic N) is 2. The summed E-state index contributed by atoms with van der Waals surface area (Å²) in [7, 11) is 0.167. The SMILES string of the molecule is CN(C)S(C)(=O)=O.CN(C)S(C)(=O)=O. The summed E-state index contributed by atoms with van der Waals surface area (Å²) in [5, 5.41) is 0. The minimum absolute atomic E-state index is 1.16. The lowest BCUT2D eigenvalue weighted by Crippen LogP contribution is -2.19. The van der Waals surface area contributed by atoms with E-state index in [9.17, 15) is 16.8 Å². The molecule has 0 saturated heterocycles. The van der Waals surface area contributed by atoms with Gasteiger partial charge in [-0.25, -0.2) is 25.4 Å². The Labute approximate surface area is 86.6 Å². The molecule has 0 aliphatic rings. The highest BCUT2D eigenvalue weighted by Gasteiger charge is 2.01. The molecule has 0 unspecified atom stereocenters. The van der Waals surface area contributed by atoms with Crippen LogP contribution in [0.4, 0.5) is 0 Å². The first-order chi connectivity index (χ1) is 5.89. The Bertz CT molecular complexity index is 306. The fourth-order valence-corrected chi connectivity index (χ4v) is 0. The third-order valence-corrected chi connectivity index (χ3v) is 3.98. The lowest BCUT2D eigenvalue weighted by atomic mass is 11.3. The van der Waals surface area contributed by atoms with E-state index in [4.69, 9.17) is 0 Å². The molecular formula is C6H18N2O4S2. The van der Waals surface area contributed by atoms with Gasteiger partial charge in [0.25, 0.3) is 0 Å². The molecule has 0 aromatic rings. The van der Waals surface area contributed by atoms with Gasteiger partial charge < -0.3 is 0 Å². The molecule has 88 valence electrons. The smallest absolute Gasteiger partial charge is 0.210 e. The van der Waals surface area contributed by atoms with Crippen LogP contribution in [-0.2, 0) is 20.0 Å². The van der Waals surface area contributed by atoms with Gasteiger partial charge in [0, 0.05) is 28.2 Å². The van der Waals surface area contributed by atoms with Crippen molar-refractivity contribution in [3.63, 3.8) is 0 Å². The normalized spacial score (nSPS) is 12.6. The van der Waals surface area contributed by atoms with E-state index < -0.39 is 20.0 Å². The molecule has 0 aliphatic heterocycles. The quantitative estimate of drug-likeness (QED) is 0.627. The van der Waals surface area contributed by atoms with Crippen LogP contribution in [0.3, 0.4) is 0 Å². The average molecular weight is 246 g/mol. The van der Waals surface area contributed by atoms with E-state index in [0.717, 1.165) is 21.1 Å². The first-order valence-corrected chi connectivity index (χ1v) is 7.33. The van der Waals surface area contributed by atoms with Crippen LogP contribution in [0.1, 0.15) is 0 Å². The van der Waals surface area contributed by atoms with Gasteiger partial charge in [-0.1, -0.05) is 0 Å². The summed E-state index contributed by atoms with van der Waals surface area (Å²) in [6.07, 6.45) is 2.32. The van der Waals surface area contributed by atoms with Gasteiger partial charge in [-0.05, 0) is 0 Å². The summed E-state index contributed by atoms with van der Waals surface area (Å²) in [5.74, 6) is 0. The zero-order valence-electron chi connectivity index (χ0n) is 9.34. The van der Waals surface area contributed by atoms with Gasteiger partial charge in [-0.15, -0.1) is 0 Å². The van der Waals surface area contributed by atoms with Crippen molar-refractivity contribution in [2.45, 2.75) is 0 Å². The maximum absolute atomic E-state index is 10.3. The van der Waals surface area contributed by atoms with Crippen molar-refractivity contribution in [1.82, 2.24) is 8.61 Å². The van der Waals surface area contributed by atoms with Gasteiger partial charge in [0.15, 0.2) is 0 Å². The number of rotatable bonds is 2. The maximum Gasteiger partial charge on any atom is 0.210 e. The summed E-state index contributed by atoms with van der Waals surface area (Å²) in [6.45, 7) is 0. The fourth-order valence-electron chi connectivity index (χ4n) is 0. The highest BCUT2D eigenvalue weighted by Crippen LogP contribution is 1.83. The van der Waals surface area contributed by atoms with Gasteiger partial charge >= 0.3 is 0 Å². The van der Waals surface area contributed by atoms with E-state index in [0.29, 0.717) is 0 Å². The lowest BCUT2D eigenvalue weighted by Gasteiger charge is -2.02. The molecule has 14 heavy (non-hydrogen) atoms. The van der Waals surface area contributed by atoms with E-state index in [1.807, 2.05) is 0 Å². The van der Waals surface area contributed by atoms with Crippen LogP contribution in [0, 0.1) is 0 Å². The molecule has 0 spiro atoms. The minimum Gasteiger partial charge on any atom is -0.213 e. The largest absolute Gasteiger partial charge is 0.213 e. The molecule has 0 radical (unpaired) electrons. The highest BCUT2D eigenvalue weighted by atomic mass is 32.2. The van der Waals surface area contributed by atoms with Crippen molar-refractivity contribution in [3.8, 4) is 0 Å². The van der Waals surface area contributed by atoms with Crippen LogP contribution in [0.15, 0.2) is 0 Å². The topological polar surface area (TPSA) is 74.8 Å². The molecule has 0 N–H and O–H groups in total. The van der Waals surface area contributed by atoms with Crippen LogP contribution < -0.4 is 0 Å². The predicted octanol–water partition coefficient (Wildman–Crippen LogP) is -0.985. The Kier molecular flexibility index (Phi) is 6.55. The molecular weight excluding hydrogens is 228 g/mol. The fraction of sp³-hybridized carbons (Fsp3) is 1.00. The number of sulfonamides is 2. The summed E-state index contributed by atoms with van der Waals surface area (Å²) >= 11 is 0. The van der Waals surface area contributed by atoms with Gasteiger partial charge in [0.1, 0.15) is 0 Å². The first kappa shape index (κ1) is 16.3. The Balaban J connectivity index is 0. The molecule has 8 heteroatoms. The molecule has 0 bridgehead atoms. The summed E-state index contributed by atoms with van der Waals surface area (Å²) in [6, 6.07) is 0.